The van der Waals surface area contributed by atoms with Crippen LogP contribution in [0.15, 0.2) is 30.6 Å². The molecule has 0 saturated heterocycles. The molecule has 0 amide bonds. The molecule has 0 aliphatic heterocycles. The van der Waals surface area contributed by atoms with E-state index in [9.17, 15) is 0 Å². The smallest absolute Gasteiger partial charge is 0.231 e. The van der Waals surface area contributed by atoms with Crippen LogP contribution in [0.2, 0.25) is 0 Å². The quantitative estimate of drug-likeness (QED) is 0.441. The number of hydrogen-bond acceptors (Lipinski definition) is 5. The van der Waals surface area contributed by atoms with E-state index < -0.39 is 0 Å². The standard InChI is InChI=1S/C5H5N.2CHNO/c1-2-4-6-5-3-1;2*2-1-3/h1-5H;2*2H. The van der Waals surface area contributed by atoms with E-state index in [1.807, 2.05) is 18.2 Å². The predicted molar refractivity (Wildman–Crippen MR) is 41.1 cm³/mol. The molecule has 1 aromatic rings. The van der Waals surface area contributed by atoms with Crippen molar-refractivity contribution in [2.75, 3.05) is 0 Å². The van der Waals surface area contributed by atoms with Crippen LogP contribution in [0.1, 0.15) is 0 Å². The number of nitrogens with zero attached hydrogens (tertiary/aromatic N) is 1. The predicted octanol–water partition coefficient (Wildman–Crippen LogP) is 0.884. The van der Waals surface area contributed by atoms with Crippen LogP contribution in [0.5, 0.6) is 0 Å². The van der Waals surface area contributed by atoms with Gasteiger partial charge in [0.1, 0.15) is 0 Å². The lowest BCUT2D eigenvalue weighted by Gasteiger charge is -1.70. The van der Waals surface area contributed by atoms with Crippen LogP contribution in [0.25, 0.3) is 0 Å². The number of rotatable bonds is 0. The third kappa shape index (κ3) is 24.7. The van der Waals surface area contributed by atoms with E-state index in [1.54, 1.807) is 12.4 Å². The fraction of sp³-hybridized carbons (Fsp3) is 0. The van der Waals surface area contributed by atoms with E-state index in [4.69, 9.17) is 20.4 Å². The fourth-order valence-corrected chi connectivity index (χ4v) is 0.313. The summed E-state index contributed by atoms with van der Waals surface area (Å²) in [6.07, 6.45) is 5.00. The first-order valence-electron chi connectivity index (χ1n) is 2.76. The highest BCUT2D eigenvalue weighted by atomic mass is 16.1. The van der Waals surface area contributed by atoms with Crippen LogP contribution in [-0.2, 0) is 9.59 Å². The number of aromatic nitrogens is 1. The van der Waals surface area contributed by atoms with Gasteiger partial charge in [-0.1, -0.05) is 6.07 Å². The van der Waals surface area contributed by atoms with Gasteiger partial charge < -0.3 is 0 Å². The van der Waals surface area contributed by atoms with Gasteiger partial charge in [0.15, 0.2) is 0 Å². The zero-order chi connectivity index (χ0) is 9.66. The molecule has 0 fully saturated rings. The second-order valence-electron chi connectivity index (χ2n) is 1.23. The van der Waals surface area contributed by atoms with E-state index in [0.29, 0.717) is 0 Å². The Hall–Kier alpha value is -2.09. The van der Waals surface area contributed by atoms with Gasteiger partial charge in [0, 0.05) is 12.4 Å². The van der Waals surface area contributed by atoms with Gasteiger partial charge in [0.05, 0.1) is 0 Å². The molecule has 0 spiro atoms. The Labute approximate surface area is 69.1 Å². The van der Waals surface area contributed by atoms with E-state index in [2.05, 4.69) is 4.98 Å². The molecule has 0 radical (unpaired) electrons. The van der Waals surface area contributed by atoms with Crippen molar-refractivity contribution in [2.45, 2.75) is 0 Å². The first-order chi connectivity index (χ1) is 5.83. The number of nitrogens with one attached hydrogen (secondary N) is 2. The molecule has 0 aliphatic rings. The van der Waals surface area contributed by atoms with Crippen LogP contribution in [0.3, 0.4) is 0 Å². The molecule has 0 bridgehead atoms. The summed E-state index contributed by atoms with van der Waals surface area (Å²) in [5.41, 5.74) is 0. The molecule has 0 unspecified atom stereocenters. The van der Waals surface area contributed by atoms with Gasteiger partial charge in [-0.15, -0.1) is 0 Å². The van der Waals surface area contributed by atoms with Crippen molar-refractivity contribution in [3.63, 3.8) is 0 Å². The first kappa shape index (κ1) is 12.6. The van der Waals surface area contributed by atoms with Crippen molar-refractivity contribution in [1.29, 1.82) is 10.8 Å². The van der Waals surface area contributed by atoms with Crippen LogP contribution in [0.4, 0.5) is 0 Å². The SMILES string of the molecule is N=C=O.N=C=O.c1ccncc1. The summed E-state index contributed by atoms with van der Waals surface area (Å²) >= 11 is 0. The maximum atomic E-state index is 8.35. The molecule has 2 N–H and O–H groups in total. The lowest BCUT2D eigenvalue weighted by molar-refractivity contribution is 0.562. The minimum atomic E-state index is 0.750. The van der Waals surface area contributed by atoms with Gasteiger partial charge in [-0.25, -0.2) is 20.4 Å². The van der Waals surface area contributed by atoms with E-state index in [-0.39, 0.29) is 0 Å². The van der Waals surface area contributed by atoms with Gasteiger partial charge in [0.25, 0.3) is 0 Å². The highest BCUT2D eigenvalue weighted by Crippen LogP contribution is 1.73. The van der Waals surface area contributed by atoms with E-state index in [1.165, 1.54) is 0 Å². The van der Waals surface area contributed by atoms with Crippen molar-refractivity contribution >= 4 is 12.2 Å². The number of hydrogen-bond donors (Lipinski definition) is 2. The van der Waals surface area contributed by atoms with Gasteiger partial charge in [-0.2, -0.15) is 0 Å². The Morgan fingerprint density at radius 3 is 1.33 bits per heavy atom. The molecule has 0 aromatic carbocycles. The summed E-state index contributed by atoms with van der Waals surface area (Å²) in [7, 11) is 0. The molecule has 1 aromatic heterocycles. The maximum absolute atomic E-state index is 8.35. The Balaban J connectivity index is 0. The van der Waals surface area contributed by atoms with Crippen molar-refractivity contribution < 1.29 is 9.59 Å². The van der Waals surface area contributed by atoms with Gasteiger partial charge >= 0.3 is 0 Å². The molecule has 5 heteroatoms. The van der Waals surface area contributed by atoms with Crippen LogP contribution in [-0.4, -0.2) is 17.1 Å². The fourth-order valence-electron chi connectivity index (χ4n) is 0.313. The van der Waals surface area contributed by atoms with Crippen molar-refractivity contribution in [2.24, 2.45) is 0 Å². The minimum Gasteiger partial charge on any atom is -0.265 e. The van der Waals surface area contributed by atoms with Crippen LogP contribution < -0.4 is 0 Å². The van der Waals surface area contributed by atoms with E-state index >= 15 is 0 Å². The molecule has 1 heterocycles. The molecule has 0 saturated carbocycles. The molecule has 62 valence electrons. The maximum Gasteiger partial charge on any atom is 0.231 e. The molecule has 12 heavy (non-hydrogen) atoms. The average Bonchev–Trinajstić information content (AvgIpc) is 2.10. The number of carbonyl (C=O) groups excluding carboxylic acids is 2. The van der Waals surface area contributed by atoms with Gasteiger partial charge in [-0.3, -0.25) is 4.98 Å². The average molecular weight is 165 g/mol. The minimum absolute atomic E-state index is 0.750. The second kappa shape index (κ2) is 16.0. The van der Waals surface area contributed by atoms with Crippen LogP contribution >= 0.6 is 0 Å². The first-order valence-corrected chi connectivity index (χ1v) is 2.76. The van der Waals surface area contributed by atoms with Crippen molar-refractivity contribution in [1.82, 2.24) is 4.98 Å². The largest absolute Gasteiger partial charge is 0.265 e. The van der Waals surface area contributed by atoms with Crippen molar-refractivity contribution in [3.8, 4) is 0 Å². The number of isocyanates is 2. The summed E-state index contributed by atoms with van der Waals surface area (Å²) in [5, 5.41) is 10.8. The lowest BCUT2D eigenvalue weighted by Crippen LogP contribution is -1.58. The molecular weight excluding hydrogens is 158 g/mol. The van der Waals surface area contributed by atoms with Crippen LogP contribution in [0, 0.1) is 10.8 Å². The highest BCUT2D eigenvalue weighted by molar-refractivity contribution is 5.26. The molecule has 5 nitrogen and oxygen atoms in total. The summed E-state index contributed by atoms with van der Waals surface area (Å²) < 4.78 is 0. The Kier molecular flexibility index (Phi) is 16.7. The summed E-state index contributed by atoms with van der Waals surface area (Å²) in [6.45, 7) is 0. The highest BCUT2D eigenvalue weighted by Gasteiger charge is 1.58. The topological polar surface area (TPSA) is 94.7 Å². The molecule has 0 aliphatic carbocycles. The van der Waals surface area contributed by atoms with E-state index in [0.717, 1.165) is 12.2 Å². The third-order valence-corrected chi connectivity index (χ3v) is 0.566. The lowest BCUT2D eigenvalue weighted by atomic mass is 10.5. The summed E-state index contributed by atoms with van der Waals surface area (Å²) in [4.78, 5) is 20.5. The molecule has 0 atom stereocenters. The Morgan fingerprint density at radius 2 is 1.25 bits per heavy atom. The number of pyridine rings is 1. The molecule has 1 rings (SSSR count). The van der Waals surface area contributed by atoms with Gasteiger partial charge in [-0.05, 0) is 12.1 Å². The second-order valence-corrected chi connectivity index (χ2v) is 1.23. The normalized spacial score (nSPS) is 5.33. The molecular formula is C7H7N3O2. The Morgan fingerprint density at radius 1 is 0.917 bits per heavy atom. The van der Waals surface area contributed by atoms with Gasteiger partial charge in [0.2, 0.25) is 12.2 Å². The zero-order valence-electron chi connectivity index (χ0n) is 6.15. The Bertz CT molecular complexity index is 197. The summed E-state index contributed by atoms with van der Waals surface area (Å²) in [6, 6.07) is 5.72. The third-order valence-electron chi connectivity index (χ3n) is 0.566. The van der Waals surface area contributed by atoms with Crippen molar-refractivity contribution in [3.05, 3.63) is 30.6 Å². The monoisotopic (exact) mass is 165 g/mol. The summed E-state index contributed by atoms with van der Waals surface area (Å²) in [5.74, 6) is 0. The zero-order valence-corrected chi connectivity index (χ0v) is 6.15.